The summed E-state index contributed by atoms with van der Waals surface area (Å²) in [7, 11) is 0. The SMILES string of the molecule is Cc1cc(C(F)(F)F)ccc1OCC(F)(F)F. The van der Waals surface area contributed by atoms with Crippen molar-refractivity contribution in [1.29, 1.82) is 0 Å². The zero-order chi connectivity index (χ0) is 13.3. The van der Waals surface area contributed by atoms with Crippen LogP contribution in [0.5, 0.6) is 5.75 Å². The second-order valence-corrected chi connectivity index (χ2v) is 3.38. The maximum atomic E-state index is 12.3. The van der Waals surface area contributed by atoms with Crippen molar-refractivity contribution in [1.82, 2.24) is 0 Å². The Kier molecular flexibility index (Phi) is 3.59. The highest BCUT2D eigenvalue weighted by Gasteiger charge is 2.31. The number of halogens is 6. The van der Waals surface area contributed by atoms with Crippen molar-refractivity contribution in [3.8, 4) is 5.75 Å². The smallest absolute Gasteiger partial charge is 0.422 e. The van der Waals surface area contributed by atoms with Crippen LogP contribution in [0.4, 0.5) is 26.3 Å². The highest BCUT2D eigenvalue weighted by atomic mass is 19.4. The van der Waals surface area contributed by atoms with E-state index in [2.05, 4.69) is 4.74 Å². The summed E-state index contributed by atoms with van der Waals surface area (Å²) in [6.07, 6.45) is -9.04. The van der Waals surface area contributed by atoms with E-state index in [1.807, 2.05) is 0 Å². The van der Waals surface area contributed by atoms with E-state index in [1.54, 1.807) is 0 Å². The maximum Gasteiger partial charge on any atom is 0.422 e. The van der Waals surface area contributed by atoms with Gasteiger partial charge in [0.15, 0.2) is 6.61 Å². The number of aryl methyl sites for hydroxylation is 1. The van der Waals surface area contributed by atoms with E-state index in [4.69, 9.17) is 0 Å². The van der Waals surface area contributed by atoms with Gasteiger partial charge in [-0.05, 0) is 30.7 Å². The van der Waals surface area contributed by atoms with E-state index in [-0.39, 0.29) is 11.3 Å². The highest BCUT2D eigenvalue weighted by Crippen LogP contribution is 2.32. The number of hydrogen-bond acceptors (Lipinski definition) is 1. The molecule has 0 amide bonds. The molecule has 0 spiro atoms. The first kappa shape index (κ1) is 13.7. The van der Waals surface area contributed by atoms with Gasteiger partial charge in [0.2, 0.25) is 0 Å². The molecule has 0 aliphatic rings. The molecule has 0 bridgehead atoms. The van der Waals surface area contributed by atoms with Gasteiger partial charge in [0.1, 0.15) is 5.75 Å². The lowest BCUT2D eigenvalue weighted by Crippen LogP contribution is -2.19. The maximum absolute atomic E-state index is 12.3. The van der Waals surface area contributed by atoms with Gasteiger partial charge in [-0.15, -0.1) is 0 Å². The summed E-state index contributed by atoms with van der Waals surface area (Å²) >= 11 is 0. The van der Waals surface area contributed by atoms with Crippen LogP contribution >= 0.6 is 0 Å². The Morgan fingerprint density at radius 3 is 2.06 bits per heavy atom. The van der Waals surface area contributed by atoms with Crippen molar-refractivity contribution >= 4 is 0 Å². The summed E-state index contributed by atoms with van der Waals surface area (Å²) in [6, 6.07) is 2.30. The molecule has 0 aliphatic heterocycles. The predicted molar refractivity (Wildman–Crippen MR) is 47.7 cm³/mol. The normalized spacial score (nSPS) is 12.6. The number of ether oxygens (including phenoxy) is 1. The van der Waals surface area contributed by atoms with Crippen LogP contribution in [0.1, 0.15) is 11.1 Å². The molecule has 0 aliphatic carbocycles. The standard InChI is InChI=1S/C10H8F6O/c1-6-4-7(10(14,15)16)2-3-8(6)17-5-9(11,12)13/h2-4H,5H2,1H3. The molecule has 0 fully saturated rings. The first-order chi connectivity index (χ1) is 7.59. The number of benzene rings is 1. The summed E-state index contributed by atoms with van der Waals surface area (Å²) in [4.78, 5) is 0. The molecule has 7 heteroatoms. The quantitative estimate of drug-likeness (QED) is 0.730. The highest BCUT2D eigenvalue weighted by molar-refractivity contribution is 5.37. The van der Waals surface area contributed by atoms with Crippen molar-refractivity contribution < 1.29 is 31.1 Å². The molecule has 0 N–H and O–H groups in total. The van der Waals surface area contributed by atoms with Crippen LogP contribution in [0.15, 0.2) is 18.2 Å². The van der Waals surface area contributed by atoms with E-state index in [1.165, 1.54) is 6.92 Å². The second-order valence-electron chi connectivity index (χ2n) is 3.38. The van der Waals surface area contributed by atoms with Crippen LogP contribution in [0.2, 0.25) is 0 Å². The summed E-state index contributed by atoms with van der Waals surface area (Å²) in [5.74, 6) is -0.213. The van der Waals surface area contributed by atoms with Gasteiger partial charge in [-0.1, -0.05) is 0 Å². The van der Waals surface area contributed by atoms with Gasteiger partial charge in [-0.3, -0.25) is 0 Å². The summed E-state index contributed by atoms with van der Waals surface area (Å²) in [5, 5.41) is 0. The number of rotatable bonds is 2. The largest absolute Gasteiger partial charge is 0.484 e. The summed E-state index contributed by atoms with van der Waals surface area (Å²) in [5.41, 5.74) is -0.918. The van der Waals surface area contributed by atoms with Crippen molar-refractivity contribution in [3.05, 3.63) is 29.3 Å². The molecule has 17 heavy (non-hydrogen) atoms. The lowest BCUT2D eigenvalue weighted by atomic mass is 10.1. The zero-order valence-corrected chi connectivity index (χ0v) is 8.62. The van der Waals surface area contributed by atoms with Crippen LogP contribution in [0.3, 0.4) is 0 Å². The third kappa shape index (κ3) is 4.16. The molecule has 0 aromatic heterocycles. The van der Waals surface area contributed by atoms with Gasteiger partial charge in [0, 0.05) is 0 Å². The second kappa shape index (κ2) is 4.46. The van der Waals surface area contributed by atoms with Gasteiger partial charge in [0.05, 0.1) is 5.56 Å². The van der Waals surface area contributed by atoms with Crippen LogP contribution in [-0.4, -0.2) is 12.8 Å². The van der Waals surface area contributed by atoms with Gasteiger partial charge < -0.3 is 4.74 Å². The van der Waals surface area contributed by atoms with Crippen molar-refractivity contribution in [2.24, 2.45) is 0 Å². The Bertz CT molecular complexity index is 393. The van der Waals surface area contributed by atoms with E-state index in [9.17, 15) is 26.3 Å². The Morgan fingerprint density at radius 2 is 1.65 bits per heavy atom. The topological polar surface area (TPSA) is 9.23 Å². The van der Waals surface area contributed by atoms with E-state index in [0.717, 1.165) is 12.1 Å². The van der Waals surface area contributed by atoms with Crippen molar-refractivity contribution in [3.63, 3.8) is 0 Å². The fraction of sp³-hybridized carbons (Fsp3) is 0.400. The van der Waals surface area contributed by atoms with Crippen LogP contribution < -0.4 is 4.74 Å². The monoisotopic (exact) mass is 258 g/mol. The van der Waals surface area contributed by atoms with E-state index in [0.29, 0.717) is 6.07 Å². The summed E-state index contributed by atoms with van der Waals surface area (Å²) < 4.78 is 76.6. The average molecular weight is 258 g/mol. The van der Waals surface area contributed by atoms with E-state index >= 15 is 0 Å². The molecule has 0 heterocycles. The molecule has 1 aromatic carbocycles. The average Bonchev–Trinajstić information content (AvgIpc) is 2.12. The molecule has 1 aromatic rings. The Labute approximate surface area is 93.0 Å². The van der Waals surface area contributed by atoms with Gasteiger partial charge >= 0.3 is 12.4 Å². The molecule has 0 unspecified atom stereocenters. The molecule has 96 valence electrons. The number of alkyl halides is 6. The van der Waals surface area contributed by atoms with Gasteiger partial charge in [-0.2, -0.15) is 26.3 Å². The predicted octanol–water partition coefficient (Wildman–Crippen LogP) is 3.95. The molecule has 1 nitrogen and oxygen atoms in total. The number of hydrogen-bond donors (Lipinski definition) is 0. The Balaban J connectivity index is 2.84. The Hall–Kier alpha value is -1.40. The van der Waals surface area contributed by atoms with Gasteiger partial charge in [0.25, 0.3) is 0 Å². The molecule has 0 saturated carbocycles. The molecular formula is C10H8F6O. The summed E-state index contributed by atoms with van der Waals surface area (Å²) in [6.45, 7) is -0.278. The minimum Gasteiger partial charge on any atom is -0.484 e. The Morgan fingerprint density at radius 1 is 1.06 bits per heavy atom. The first-order valence-corrected chi connectivity index (χ1v) is 4.47. The minimum atomic E-state index is -4.52. The van der Waals surface area contributed by atoms with Crippen LogP contribution in [-0.2, 0) is 6.18 Å². The molecular weight excluding hydrogens is 250 g/mol. The fourth-order valence-electron chi connectivity index (χ4n) is 1.15. The molecule has 1 rings (SSSR count). The molecule has 0 saturated heterocycles. The van der Waals surface area contributed by atoms with E-state index < -0.39 is 24.5 Å². The lowest BCUT2D eigenvalue weighted by molar-refractivity contribution is -0.153. The van der Waals surface area contributed by atoms with Gasteiger partial charge in [-0.25, -0.2) is 0 Å². The first-order valence-electron chi connectivity index (χ1n) is 4.47. The fourth-order valence-corrected chi connectivity index (χ4v) is 1.15. The lowest BCUT2D eigenvalue weighted by Gasteiger charge is -2.13. The van der Waals surface area contributed by atoms with Crippen LogP contribution in [0, 0.1) is 6.92 Å². The third-order valence-corrected chi connectivity index (χ3v) is 1.89. The molecule has 0 atom stereocenters. The van der Waals surface area contributed by atoms with Crippen molar-refractivity contribution in [2.45, 2.75) is 19.3 Å². The minimum absolute atomic E-state index is 0.00377. The molecule has 0 radical (unpaired) electrons. The third-order valence-electron chi connectivity index (χ3n) is 1.89. The van der Waals surface area contributed by atoms with Crippen molar-refractivity contribution in [2.75, 3.05) is 6.61 Å². The zero-order valence-electron chi connectivity index (χ0n) is 8.62. The van der Waals surface area contributed by atoms with Crippen LogP contribution in [0.25, 0.3) is 0 Å².